The zero-order valence-corrected chi connectivity index (χ0v) is 17.1. The monoisotopic (exact) mass is 421 g/mol. The van der Waals surface area contributed by atoms with Gasteiger partial charge in [-0.25, -0.2) is 9.67 Å². The summed E-state index contributed by atoms with van der Waals surface area (Å²) in [6, 6.07) is 11.2. The predicted molar refractivity (Wildman–Crippen MR) is 113 cm³/mol. The van der Waals surface area contributed by atoms with Crippen LogP contribution in [0.3, 0.4) is 0 Å². The number of aromatic nitrogens is 4. The van der Waals surface area contributed by atoms with Crippen molar-refractivity contribution in [3.8, 4) is 5.69 Å². The maximum atomic E-state index is 13.2. The molecule has 5 rings (SSSR count). The number of benzene rings is 1. The topological polar surface area (TPSA) is 95.0 Å². The van der Waals surface area contributed by atoms with E-state index in [0.717, 1.165) is 11.3 Å². The van der Waals surface area contributed by atoms with Crippen molar-refractivity contribution in [2.45, 2.75) is 31.1 Å². The molecule has 0 saturated carbocycles. The van der Waals surface area contributed by atoms with Crippen molar-refractivity contribution < 1.29 is 9.21 Å². The molecule has 0 aliphatic carbocycles. The molecule has 0 radical (unpaired) electrons. The zero-order chi connectivity index (χ0) is 20.7. The lowest BCUT2D eigenvalue weighted by atomic mass is 10.2. The van der Waals surface area contributed by atoms with Gasteiger partial charge in [0, 0.05) is 12.2 Å². The molecule has 0 saturated heterocycles. The second kappa shape index (κ2) is 7.49. The average Bonchev–Trinajstić information content (AvgIpc) is 3.47. The molecule has 9 heteroatoms. The smallest absolute Gasteiger partial charge is 0.265 e. The number of nitrogens with one attached hydrogen (secondary N) is 1. The Kier molecular flexibility index (Phi) is 4.66. The van der Waals surface area contributed by atoms with Crippen LogP contribution < -0.4 is 10.9 Å². The Morgan fingerprint density at radius 3 is 3.03 bits per heavy atom. The number of thioether (sulfide) groups is 1. The minimum Gasteiger partial charge on any atom is -0.467 e. The fraction of sp³-hybridized carbons (Fsp3) is 0.238. The summed E-state index contributed by atoms with van der Waals surface area (Å²) < 4.78 is 8.55. The molecule has 152 valence electrons. The molecule has 4 heterocycles. The van der Waals surface area contributed by atoms with Crippen LogP contribution in [0.2, 0.25) is 0 Å². The number of nitrogens with zero attached hydrogens (tertiary/aromatic N) is 4. The van der Waals surface area contributed by atoms with E-state index in [1.807, 2.05) is 31.2 Å². The van der Waals surface area contributed by atoms with Gasteiger partial charge in [0.15, 0.2) is 10.8 Å². The van der Waals surface area contributed by atoms with Crippen LogP contribution in [0.5, 0.6) is 0 Å². The number of carbonyl (C=O) groups is 1. The molecule has 1 atom stereocenters. The normalized spacial score (nSPS) is 15.4. The van der Waals surface area contributed by atoms with E-state index in [1.54, 1.807) is 33.8 Å². The molecule has 1 N–H and O–H groups in total. The highest BCUT2D eigenvalue weighted by molar-refractivity contribution is 7.99. The Morgan fingerprint density at radius 2 is 2.23 bits per heavy atom. The van der Waals surface area contributed by atoms with Gasteiger partial charge >= 0.3 is 0 Å². The van der Waals surface area contributed by atoms with E-state index < -0.39 is 0 Å². The van der Waals surface area contributed by atoms with E-state index in [0.29, 0.717) is 34.2 Å². The first-order chi connectivity index (χ1) is 14.6. The van der Waals surface area contributed by atoms with Crippen molar-refractivity contribution in [3.05, 3.63) is 70.5 Å². The molecular formula is C21H19N5O3S. The summed E-state index contributed by atoms with van der Waals surface area (Å²) in [5.41, 5.74) is 2.33. The van der Waals surface area contributed by atoms with Gasteiger partial charge in [0.1, 0.15) is 11.1 Å². The third-order valence-electron chi connectivity index (χ3n) is 5.08. The number of amides is 1. The van der Waals surface area contributed by atoms with E-state index in [-0.39, 0.29) is 23.9 Å². The van der Waals surface area contributed by atoms with Crippen molar-refractivity contribution in [1.82, 2.24) is 24.6 Å². The van der Waals surface area contributed by atoms with Gasteiger partial charge in [-0.3, -0.25) is 14.2 Å². The molecule has 1 aliphatic rings. The van der Waals surface area contributed by atoms with Crippen LogP contribution in [0.4, 0.5) is 0 Å². The van der Waals surface area contributed by atoms with E-state index in [2.05, 4.69) is 10.4 Å². The summed E-state index contributed by atoms with van der Waals surface area (Å²) in [5.74, 6) is 1.18. The largest absolute Gasteiger partial charge is 0.467 e. The molecule has 1 amide bonds. The van der Waals surface area contributed by atoms with Crippen LogP contribution in [0.25, 0.3) is 16.7 Å². The Balaban J connectivity index is 1.43. The molecule has 0 spiro atoms. The second-order valence-corrected chi connectivity index (χ2v) is 8.21. The molecule has 8 nitrogen and oxygen atoms in total. The summed E-state index contributed by atoms with van der Waals surface area (Å²) in [7, 11) is 0. The number of fused-ring (bicyclic) bond motifs is 2. The average molecular weight is 421 g/mol. The number of carbonyl (C=O) groups excluding carboxylic acids is 1. The number of furan rings is 1. The summed E-state index contributed by atoms with van der Waals surface area (Å²) in [4.78, 5) is 30.3. The third kappa shape index (κ3) is 3.30. The first-order valence-electron chi connectivity index (χ1n) is 9.59. The second-order valence-electron chi connectivity index (χ2n) is 7.23. The Bertz CT molecular complexity index is 1290. The van der Waals surface area contributed by atoms with E-state index in [4.69, 9.17) is 9.40 Å². The summed E-state index contributed by atoms with van der Waals surface area (Å²) >= 11 is 1.49. The molecule has 1 aromatic carbocycles. The molecule has 1 aliphatic heterocycles. The molecule has 0 bridgehead atoms. The maximum absolute atomic E-state index is 13.2. The molecular weight excluding hydrogens is 402 g/mol. The molecule has 0 fully saturated rings. The number of aryl methyl sites for hydroxylation is 1. The van der Waals surface area contributed by atoms with Crippen LogP contribution >= 0.6 is 11.8 Å². The van der Waals surface area contributed by atoms with Crippen molar-refractivity contribution in [3.63, 3.8) is 0 Å². The third-order valence-corrected chi connectivity index (χ3v) is 6.18. The molecule has 4 aromatic rings. The van der Waals surface area contributed by atoms with Gasteiger partial charge in [-0.15, -0.1) is 0 Å². The highest BCUT2D eigenvalue weighted by Gasteiger charge is 2.29. The lowest BCUT2D eigenvalue weighted by Gasteiger charge is -2.13. The first-order valence-corrected chi connectivity index (χ1v) is 10.6. The zero-order valence-electron chi connectivity index (χ0n) is 16.2. The van der Waals surface area contributed by atoms with Gasteiger partial charge in [0.05, 0.1) is 30.7 Å². The standard InChI is InChI=1S/C21H19N5O3S/c1-13-4-2-5-14(8-13)26-19-17(11-23-26)20(28)25-15(12-30-21(25)24-19)9-18(27)22-10-16-6-3-7-29-16/h2-8,11,15H,9-10,12H2,1H3,(H,22,27)/t15-/m0/s1. The number of hydrogen-bond donors (Lipinski definition) is 1. The van der Waals surface area contributed by atoms with Crippen LogP contribution in [0, 0.1) is 6.92 Å². The highest BCUT2D eigenvalue weighted by Crippen LogP contribution is 2.33. The van der Waals surface area contributed by atoms with Crippen LogP contribution in [0.15, 0.2) is 63.2 Å². The highest BCUT2D eigenvalue weighted by atomic mass is 32.2. The van der Waals surface area contributed by atoms with Crippen LogP contribution in [-0.4, -0.2) is 31.0 Å². The Labute approximate surface area is 175 Å². The van der Waals surface area contributed by atoms with Crippen LogP contribution in [0.1, 0.15) is 23.8 Å². The van der Waals surface area contributed by atoms with Gasteiger partial charge in [-0.05, 0) is 36.8 Å². The predicted octanol–water partition coefficient (Wildman–Crippen LogP) is 2.84. The minimum atomic E-state index is -0.242. The van der Waals surface area contributed by atoms with Crippen LogP contribution in [-0.2, 0) is 11.3 Å². The van der Waals surface area contributed by atoms with Gasteiger partial charge < -0.3 is 9.73 Å². The van der Waals surface area contributed by atoms with Gasteiger partial charge in [-0.2, -0.15) is 5.10 Å². The van der Waals surface area contributed by atoms with Crippen molar-refractivity contribution in [2.24, 2.45) is 0 Å². The Morgan fingerprint density at radius 1 is 1.33 bits per heavy atom. The van der Waals surface area contributed by atoms with Gasteiger partial charge in [-0.1, -0.05) is 23.9 Å². The molecule has 30 heavy (non-hydrogen) atoms. The summed E-state index contributed by atoms with van der Waals surface area (Å²) in [6.45, 7) is 2.33. The summed E-state index contributed by atoms with van der Waals surface area (Å²) in [6.07, 6.45) is 3.33. The van der Waals surface area contributed by atoms with Crippen molar-refractivity contribution in [1.29, 1.82) is 0 Å². The van der Waals surface area contributed by atoms with E-state index >= 15 is 0 Å². The molecule has 3 aromatic heterocycles. The van der Waals surface area contributed by atoms with E-state index in [1.165, 1.54) is 11.8 Å². The maximum Gasteiger partial charge on any atom is 0.265 e. The SMILES string of the molecule is Cc1cccc(-n2ncc3c(=O)n4c(nc32)SC[C@@H]4CC(=O)NCc2ccco2)c1. The molecule has 0 unspecified atom stereocenters. The lowest BCUT2D eigenvalue weighted by Crippen LogP contribution is -2.30. The minimum absolute atomic E-state index is 0.132. The number of hydrogen-bond acceptors (Lipinski definition) is 6. The quantitative estimate of drug-likeness (QED) is 0.498. The van der Waals surface area contributed by atoms with Gasteiger partial charge in [0.2, 0.25) is 5.91 Å². The fourth-order valence-electron chi connectivity index (χ4n) is 3.61. The lowest BCUT2D eigenvalue weighted by molar-refractivity contribution is -0.122. The fourth-order valence-corrected chi connectivity index (χ4v) is 4.75. The van der Waals surface area contributed by atoms with Crippen molar-refractivity contribution >= 4 is 28.7 Å². The number of rotatable bonds is 5. The summed E-state index contributed by atoms with van der Waals surface area (Å²) in [5, 5.41) is 8.29. The first kappa shape index (κ1) is 18.7. The van der Waals surface area contributed by atoms with E-state index in [9.17, 15) is 9.59 Å². The van der Waals surface area contributed by atoms with Crippen molar-refractivity contribution in [2.75, 3.05) is 5.75 Å². The van der Waals surface area contributed by atoms with Gasteiger partial charge in [0.25, 0.3) is 5.56 Å². The Hall–Kier alpha value is -3.33.